The molecule has 1 aliphatic rings. The van der Waals surface area contributed by atoms with Crippen LogP contribution >= 0.6 is 0 Å². The van der Waals surface area contributed by atoms with Crippen LogP contribution in [0.2, 0.25) is 0 Å². The second-order valence-corrected chi connectivity index (χ2v) is 6.23. The summed E-state index contributed by atoms with van der Waals surface area (Å²) in [6.45, 7) is 7.01. The molecular formula is C17H24N6O2. The Morgan fingerprint density at radius 3 is 2.84 bits per heavy atom. The van der Waals surface area contributed by atoms with Crippen molar-refractivity contribution >= 4 is 5.91 Å². The van der Waals surface area contributed by atoms with E-state index in [9.17, 15) is 4.79 Å². The lowest BCUT2D eigenvalue weighted by molar-refractivity contribution is -0.122. The first-order valence-electron chi connectivity index (χ1n) is 8.59. The molecule has 1 fully saturated rings. The first-order chi connectivity index (χ1) is 12.2. The van der Waals surface area contributed by atoms with Gasteiger partial charge in [-0.25, -0.2) is 0 Å². The predicted octanol–water partition coefficient (Wildman–Crippen LogP) is 0.597. The quantitative estimate of drug-likeness (QED) is 0.821. The van der Waals surface area contributed by atoms with Crippen molar-refractivity contribution in [3.8, 4) is 0 Å². The van der Waals surface area contributed by atoms with Gasteiger partial charge in [0.15, 0.2) is 5.82 Å². The fourth-order valence-electron chi connectivity index (χ4n) is 2.90. The average molecular weight is 344 g/mol. The molecule has 2 aromatic rings. The van der Waals surface area contributed by atoms with E-state index in [1.807, 2.05) is 18.2 Å². The van der Waals surface area contributed by atoms with Gasteiger partial charge in [0.25, 0.3) is 0 Å². The summed E-state index contributed by atoms with van der Waals surface area (Å²) in [5, 5.41) is 6.88. The molecule has 8 heteroatoms. The van der Waals surface area contributed by atoms with Crippen LogP contribution in [0.15, 0.2) is 28.9 Å². The van der Waals surface area contributed by atoms with Gasteiger partial charge in [0.05, 0.1) is 25.3 Å². The molecule has 3 heterocycles. The molecule has 1 N–H and O–H groups in total. The van der Waals surface area contributed by atoms with Crippen molar-refractivity contribution in [1.82, 2.24) is 30.2 Å². The molecule has 134 valence electrons. The van der Waals surface area contributed by atoms with E-state index in [0.29, 0.717) is 25.5 Å². The zero-order valence-electron chi connectivity index (χ0n) is 14.5. The van der Waals surface area contributed by atoms with Gasteiger partial charge < -0.3 is 9.84 Å². The van der Waals surface area contributed by atoms with E-state index in [1.165, 1.54) is 0 Å². The molecule has 0 spiro atoms. The SMILES string of the molecule is Cc1nc(CN2CCCN(CC(=O)NCc3ccccn3)CC2)no1. The summed E-state index contributed by atoms with van der Waals surface area (Å²) in [5.74, 6) is 1.35. The lowest BCUT2D eigenvalue weighted by atomic mass is 10.3. The largest absolute Gasteiger partial charge is 0.349 e. The van der Waals surface area contributed by atoms with E-state index >= 15 is 0 Å². The summed E-state index contributed by atoms with van der Waals surface area (Å²) < 4.78 is 5.02. The van der Waals surface area contributed by atoms with Crippen molar-refractivity contribution < 1.29 is 9.32 Å². The molecule has 0 unspecified atom stereocenters. The van der Waals surface area contributed by atoms with Crippen LogP contribution in [0, 0.1) is 6.92 Å². The van der Waals surface area contributed by atoms with Crippen LogP contribution < -0.4 is 5.32 Å². The van der Waals surface area contributed by atoms with E-state index in [2.05, 4.69) is 30.2 Å². The number of hydrogen-bond donors (Lipinski definition) is 1. The fourth-order valence-corrected chi connectivity index (χ4v) is 2.90. The monoisotopic (exact) mass is 344 g/mol. The zero-order chi connectivity index (χ0) is 17.5. The lowest BCUT2D eigenvalue weighted by Crippen LogP contribution is -2.39. The topological polar surface area (TPSA) is 87.4 Å². The Balaban J connectivity index is 1.41. The molecule has 8 nitrogen and oxygen atoms in total. The van der Waals surface area contributed by atoms with Crippen molar-refractivity contribution in [3.63, 3.8) is 0 Å². The molecule has 2 aromatic heterocycles. The molecule has 1 aliphatic heterocycles. The van der Waals surface area contributed by atoms with Crippen LogP contribution in [0.4, 0.5) is 0 Å². The number of nitrogens with zero attached hydrogens (tertiary/aromatic N) is 5. The van der Waals surface area contributed by atoms with Gasteiger partial charge in [-0.05, 0) is 31.6 Å². The van der Waals surface area contributed by atoms with Gasteiger partial charge >= 0.3 is 0 Å². The van der Waals surface area contributed by atoms with Gasteiger partial charge in [-0.1, -0.05) is 11.2 Å². The Bertz CT molecular complexity index is 675. The summed E-state index contributed by atoms with van der Waals surface area (Å²) in [4.78, 5) is 25.1. The van der Waals surface area contributed by atoms with Crippen molar-refractivity contribution in [2.45, 2.75) is 26.4 Å². The van der Waals surface area contributed by atoms with Crippen LogP contribution in [-0.4, -0.2) is 63.6 Å². The zero-order valence-corrected chi connectivity index (χ0v) is 14.5. The number of pyridine rings is 1. The van der Waals surface area contributed by atoms with Crippen molar-refractivity contribution in [2.24, 2.45) is 0 Å². The number of amides is 1. The van der Waals surface area contributed by atoms with E-state index in [0.717, 1.165) is 44.1 Å². The van der Waals surface area contributed by atoms with Crippen molar-refractivity contribution in [1.29, 1.82) is 0 Å². The molecule has 25 heavy (non-hydrogen) atoms. The Kier molecular flexibility index (Phi) is 6.08. The molecule has 0 aromatic carbocycles. The highest BCUT2D eigenvalue weighted by Gasteiger charge is 2.18. The number of carbonyl (C=O) groups excluding carboxylic acids is 1. The van der Waals surface area contributed by atoms with Crippen LogP contribution in [0.5, 0.6) is 0 Å². The fraction of sp³-hybridized carbons (Fsp3) is 0.529. The van der Waals surface area contributed by atoms with Gasteiger partial charge in [0, 0.05) is 26.2 Å². The second-order valence-electron chi connectivity index (χ2n) is 6.23. The highest BCUT2D eigenvalue weighted by Crippen LogP contribution is 2.07. The number of aryl methyl sites for hydroxylation is 1. The maximum atomic E-state index is 12.1. The number of rotatable bonds is 6. The summed E-state index contributed by atoms with van der Waals surface area (Å²) in [6, 6.07) is 5.69. The molecule has 0 bridgehead atoms. The standard InChI is InChI=1S/C17H24N6O2/c1-14-20-16(21-25-14)12-22-7-4-8-23(10-9-22)13-17(24)19-11-15-5-2-3-6-18-15/h2-3,5-6H,4,7-13H2,1H3,(H,19,24). The maximum Gasteiger partial charge on any atom is 0.234 e. The van der Waals surface area contributed by atoms with Gasteiger partial charge in [-0.2, -0.15) is 4.98 Å². The van der Waals surface area contributed by atoms with E-state index in [-0.39, 0.29) is 5.91 Å². The smallest absolute Gasteiger partial charge is 0.234 e. The minimum absolute atomic E-state index is 0.0351. The highest BCUT2D eigenvalue weighted by molar-refractivity contribution is 5.77. The molecule has 0 radical (unpaired) electrons. The van der Waals surface area contributed by atoms with E-state index in [1.54, 1.807) is 13.1 Å². The second kappa shape index (κ2) is 8.68. The van der Waals surface area contributed by atoms with Crippen LogP contribution in [-0.2, 0) is 17.9 Å². The Morgan fingerprint density at radius 2 is 2.08 bits per heavy atom. The minimum Gasteiger partial charge on any atom is -0.349 e. The summed E-state index contributed by atoms with van der Waals surface area (Å²) in [6.07, 6.45) is 2.75. The molecule has 0 atom stereocenters. The summed E-state index contributed by atoms with van der Waals surface area (Å²) >= 11 is 0. The van der Waals surface area contributed by atoms with Gasteiger partial charge in [0.1, 0.15) is 0 Å². The van der Waals surface area contributed by atoms with Crippen LogP contribution in [0.3, 0.4) is 0 Å². The lowest BCUT2D eigenvalue weighted by Gasteiger charge is -2.20. The highest BCUT2D eigenvalue weighted by atomic mass is 16.5. The first kappa shape index (κ1) is 17.5. The third-order valence-electron chi connectivity index (χ3n) is 4.18. The van der Waals surface area contributed by atoms with Gasteiger partial charge in [-0.3, -0.25) is 19.6 Å². The minimum atomic E-state index is 0.0351. The number of carbonyl (C=O) groups is 1. The Labute approximate surface area is 147 Å². The normalized spacial score (nSPS) is 16.5. The number of nitrogens with one attached hydrogen (secondary N) is 1. The molecular weight excluding hydrogens is 320 g/mol. The third kappa shape index (κ3) is 5.61. The van der Waals surface area contributed by atoms with Gasteiger partial charge in [0.2, 0.25) is 11.8 Å². The molecule has 0 aliphatic carbocycles. The molecule has 1 saturated heterocycles. The van der Waals surface area contributed by atoms with Gasteiger partial charge in [-0.15, -0.1) is 0 Å². The first-order valence-corrected chi connectivity index (χ1v) is 8.59. The predicted molar refractivity (Wildman–Crippen MR) is 91.5 cm³/mol. The van der Waals surface area contributed by atoms with Crippen LogP contribution in [0.1, 0.15) is 23.8 Å². The summed E-state index contributed by atoms with van der Waals surface area (Å²) in [5.41, 5.74) is 0.869. The average Bonchev–Trinajstić information content (AvgIpc) is 2.90. The van der Waals surface area contributed by atoms with Crippen molar-refractivity contribution in [2.75, 3.05) is 32.7 Å². The maximum absolute atomic E-state index is 12.1. The number of hydrogen-bond acceptors (Lipinski definition) is 7. The van der Waals surface area contributed by atoms with Crippen molar-refractivity contribution in [3.05, 3.63) is 41.8 Å². The Morgan fingerprint density at radius 1 is 1.24 bits per heavy atom. The Hall–Kier alpha value is -2.32. The summed E-state index contributed by atoms with van der Waals surface area (Å²) in [7, 11) is 0. The third-order valence-corrected chi connectivity index (χ3v) is 4.18. The van der Waals surface area contributed by atoms with E-state index in [4.69, 9.17) is 4.52 Å². The number of aromatic nitrogens is 3. The molecule has 3 rings (SSSR count). The van der Waals surface area contributed by atoms with E-state index < -0.39 is 0 Å². The molecule has 1 amide bonds. The molecule has 0 saturated carbocycles. The van der Waals surface area contributed by atoms with Crippen LogP contribution in [0.25, 0.3) is 0 Å².